The van der Waals surface area contributed by atoms with Crippen molar-refractivity contribution in [2.45, 2.75) is 45.8 Å². The molecule has 21 heavy (non-hydrogen) atoms. The third-order valence-corrected chi connectivity index (χ3v) is 3.96. The van der Waals surface area contributed by atoms with Gasteiger partial charge in [0.15, 0.2) is 11.5 Å². The van der Waals surface area contributed by atoms with E-state index >= 15 is 0 Å². The summed E-state index contributed by atoms with van der Waals surface area (Å²) in [5.74, 6) is 2.01. The van der Waals surface area contributed by atoms with Crippen molar-refractivity contribution < 1.29 is 14.6 Å². The average Bonchev–Trinajstić information content (AvgIpc) is 2.88. The molecule has 118 valence electrons. The zero-order chi connectivity index (χ0) is 15.1. The SMILES string of the molecule is CCOc1ccc(CNCC2CCCC2O)cc1OCC. The average molecular weight is 293 g/mol. The van der Waals surface area contributed by atoms with Gasteiger partial charge in [-0.25, -0.2) is 0 Å². The lowest BCUT2D eigenvalue weighted by atomic mass is 10.1. The van der Waals surface area contributed by atoms with Crippen molar-refractivity contribution in [1.82, 2.24) is 5.32 Å². The first-order valence-corrected chi connectivity index (χ1v) is 8.01. The van der Waals surface area contributed by atoms with Crippen LogP contribution in [0.2, 0.25) is 0 Å². The third kappa shape index (κ3) is 4.61. The zero-order valence-electron chi connectivity index (χ0n) is 13.1. The van der Waals surface area contributed by atoms with Gasteiger partial charge in [0.05, 0.1) is 19.3 Å². The number of hydrogen-bond acceptors (Lipinski definition) is 4. The second-order valence-corrected chi connectivity index (χ2v) is 5.54. The lowest BCUT2D eigenvalue weighted by Gasteiger charge is -2.16. The summed E-state index contributed by atoms with van der Waals surface area (Å²) in [7, 11) is 0. The maximum Gasteiger partial charge on any atom is 0.161 e. The highest BCUT2D eigenvalue weighted by Gasteiger charge is 2.24. The van der Waals surface area contributed by atoms with Gasteiger partial charge in [-0.3, -0.25) is 0 Å². The Hall–Kier alpha value is -1.26. The van der Waals surface area contributed by atoms with Crippen LogP contribution >= 0.6 is 0 Å². The van der Waals surface area contributed by atoms with Crippen LogP contribution in [0.3, 0.4) is 0 Å². The van der Waals surface area contributed by atoms with Gasteiger partial charge < -0.3 is 19.9 Å². The van der Waals surface area contributed by atoms with Crippen LogP contribution in [-0.2, 0) is 6.54 Å². The normalized spacial score (nSPS) is 21.5. The Kier molecular flexibility index (Phi) is 6.33. The van der Waals surface area contributed by atoms with Crippen molar-refractivity contribution in [2.24, 2.45) is 5.92 Å². The fraction of sp³-hybridized carbons (Fsp3) is 0.647. The van der Waals surface area contributed by atoms with Crippen LogP contribution in [0.5, 0.6) is 11.5 Å². The van der Waals surface area contributed by atoms with Crippen molar-refractivity contribution >= 4 is 0 Å². The van der Waals surface area contributed by atoms with Crippen LogP contribution < -0.4 is 14.8 Å². The van der Waals surface area contributed by atoms with Crippen LogP contribution in [0.15, 0.2) is 18.2 Å². The van der Waals surface area contributed by atoms with Crippen molar-refractivity contribution in [3.63, 3.8) is 0 Å². The van der Waals surface area contributed by atoms with E-state index < -0.39 is 0 Å². The summed E-state index contributed by atoms with van der Waals surface area (Å²) < 4.78 is 11.2. The molecule has 2 N–H and O–H groups in total. The third-order valence-electron chi connectivity index (χ3n) is 3.96. The molecular weight excluding hydrogens is 266 g/mol. The summed E-state index contributed by atoms with van der Waals surface area (Å²) in [4.78, 5) is 0. The van der Waals surface area contributed by atoms with Gasteiger partial charge in [0.2, 0.25) is 0 Å². The van der Waals surface area contributed by atoms with Gasteiger partial charge in [0, 0.05) is 13.1 Å². The number of rotatable bonds is 8. The molecule has 1 aromatic carbocycles. The molecule has 1 aromatic rings. The summed E-state index contributed by atoms with van der Waals surface area (Å²) >= 11 is 0. The Balaban J connectivity index is 1.88. The molecule has 2 atom stereocenters. The molecule has 0 aliphatic heterocycles. The second-order valence-electron chi connectivity index (χ2n) is 5.54. The van der Waals surface area contributed by atoms with Crippen LogP contribution in [-0.4, -0.2) is 31.0 Å². The van der Waals surface area contributed by atoms with E-state index in [1.165, 1.54) is 5.56 Å². The number of hydrogen-bond donors (Lipinski definition) is 2. The molecule has 4 heteroatoms. The van der Waals surface area contributed by atoms with E-state index in [0.717, 1.165) is 43.9 Å². The maximum absolute atomic E-state index is 9.82. The summed E-state index contributed by atoms with van der Waals surface area (Å²) in [6.07, 6.45) is 3.09. The topological polar surface area (TPSA) is 50.7 Å². The smallest absolute Gasteiger partial charge is 0.161 e. The maximum atomic E-state index is 9.82. The standard InChI is InChI=1S/C17H27NO3/c1-3-20-16-9-8-13(10-17(16)21-4-2)11-18-12-14-6-5-7-15(14)19/h8-10,14-15,18-19H,3-7,11-12H2,1-2H3. The molecule has 2 rings (SSSR count). The van der Waals surface area contributed by atoms with Crippen LogP contribution in [0.25, 0.3) is 0 Å². The van der Waals surface area contributed by atoms with Gasteiger partial charge in [0.25, 0.3) is 0 Å². The molecule has 4 nitrogen and oxygen atoms in total. The van der Waals surface area contributed by atoms with Crippen molar-refractivity contribution in [1.29, 1.82) is 0 Å². The molecule has 0 spiro atoms. The van der Waals surface area contributed by atoms with Gasteiger partial charge in [-0.1, -0.05) is 12.5 Å². The van der Waals surface area contributed by atoms with Gasteiger partial charge >= 0.3 is 0 Å². The number of nitrogens with one attached hydrogen (secondary N) is 1. The molecule has 0 radical (unpaired) electrons. The summed E-state index contributed by atoms with van der Waals surface area (Å²) in [6, 6.07) is 6.06. The van der Waals surface area contributed by atoms with Gasteiger partial charge in [-0.2, -0.15) is 0 Å². The largest absolute Gasteiger partial charge is 0.490 e. The van der Waals surface area contributed by atoms with Gasteiger partial charge in [-0.15, -0.1) is 0 Å². The summed E-state index contributed by atoms with van der Waals surface area (Å²) in [6.45, 7) is 6.87. The molecule has 1 aliphatic carbocycles. The number of benzene rings is 1. The molecule has 0 bridgehead atoms. The minimum Gasteiger partial charge on any atom is -0.490 e. The van der Waals surface area contributed by atoms with E-state index in [1.54, 1.807) is 0 Å². The fourth-order valence-corrected chi connectivity index (χ4v) is 2.86. The molecule has 2 unspecified atom stereocenters. The number of ether oxygens (including phenoxy) is 2. The highest BCUT2D eigenvalue weighted by Crippen LogP contribution is 2.29. The Morgan fingerprint density at radius 1 is 1.14 bits per heavy atom. The minimum absolute atomic E-state index is 0.128. The van der Waals surface area contributed by atoms with Crippen molar-refractivity contribution in [3.8, 4) is 11.5 Å². The minimum atomic E-state index is -0.128. The highest BCUT2D eigenvalue weighted by molar-refractivity contribution is 5.43. The van der Waals surface area contributed by atoms with Gasteiger partial charge in [-0.05, 0) is 50.3 Å². The number of aliphatic hydroxyl groups excluding tert-OH is 1. The molecule has 1 fully saturated rings. The molecule has 0 saturated heterocycles. The highest BCUT2D eigenvalue weighted by atomic mass is 16.5. The van der Waals surface area contributed by atoms with E-state index in [0.29, 0.717) is 19.1 Å². The van der Waals surface area contributed by atoms with E-state index in [4.69, 9.17) is 9.47 Å². The fourth-order valence-electron chi connectivity index (χ4n) is 2.86. The predicted molar refractivity (Wildman–Crippen MR) is 83.8 cm³/mol. The molecule has 0 amide bonds. The summed E-state index contributed by atoms with van der Waals surface area (Å²) in [5, 5.41) is 13.3. The molecule has 0 heterocycles. The summed E-state index contributed by atoms with van der Waals surface area (Å²) in [5.41, 5.74) is 1.18. The quantitative estimate of drug-likeness (QED) is 0.774. The van der Waals surface area contributed by atoms with Crippen molar-refractivity contribution in [2.75, 3.05) is 19.8 Å². The Labute approximate surface area is 127 Å². The van der Waals surface area contributed by atoms with E-state index in [-0.39, 0.29) is 6.10 Å². The van der Waals surface area contributed by atoms with Crippen molar-refractivity contribution in [3.05, 3.63) is 23.8 Å². The number of aliphatic hydroxyl groups is 1. The molecular formula is C17H27NO3. The first kappa shape index (κ1) is 16.1. The van der Waals surface area contributed by atoms with Crippen LogP contribution in [0.1, 0.15) is 38.7 Å². The lowest BCUT2D eigenvalue weighted by Crippen LogP contribution is -2.27. The Morgan fingerprint density at radius 2 is 1.90 bits per heavy atom. The first-order valence-electron chi connectivity index (χ1n) is 8.01. The van der Waals surface area contributed by atoms with E-state index in [1.807, 2.05) is 26.0 Å². The van der Waals surface area contributed by atoms with Crippen LogP contribution in [0.4, 0.5) is 0 Å². The van der Waals surface area contributed by atoms with Gasteiger partial charge in [0.1, 0.15) is 0 Å². The molecule has 0 aromatic heterocycles. The Morgan fingerprint density at radius 3 is 2.57 bits per heavy atom. The molecule has 1 aliphatic rings. The lowest BCUT2D eigenvalue weighted by molar-refractivity contribution is 0.131. The zero-order valence-corrected chi connectivity index (χ0v) is 13.1. The van der Waals surface area contributed by atoms with E-state index in [9.17, 15) is 5.11 Å². The predicted octanol–water partition coefficient (Wildman–Crippen LogP) is 2.73. The Bertz CT molecular complexity index is 436. The second kappa shape index (κ2) is 8.25. The van der Waals surface area contributed by atoms with Crippen LogP contribution in [0, 0.1) is 5.92 Å². The first-order chi connectivity index (χ1) is 10.2. The molecule has 1 saturated carbocycles. The van der Waals surface area contributed by atoms with E-state index in [2.05, 4.69) is 11.4 Å². The monoisotopic (exact) mass is 293 g/mol.